The van der Waals surface area contributed by atoms with Crippen LogP contribution in [-0.4, -0.2) is 64.5 Å². The van der Waals surface area contributed by atoms with Gasteiger partial charge < -0.3 is 19.9 Å². The number of hydrogen-bond donors (Lipinski definition) is 1. The maximum atomic E-state index is 16.0. The topological polar surface area (TPSA) is 84.6 Å². The van der Waals surface area contributed by atoms with Crippen molar-refractivity contribution in [1.29, 1.82) is 0 Å². The van der Waals surface area contributed by atoms with E-state index < -0.39 is 35.0 Å². The summed E-state index contributed by atoms with van der Waals surface area (Å²) < 4.78 is 56.4. The lowest BCUT2D eigenvalue weighted by Gasteiger charge is -2.39. The van der Waals surface area contributed by atoms with Gasteiger partial charge in [0.15, 0.2) is 0 Å². The van der Waals surface area contributed by atoms with E-state index in [1.807, 2.05) is 4.90 Å². The zero-order chi connectivity index (χ0) is 31.9. The molecule has 244 valence electrons. The fourth-order valence-electron chi connectivity index (χ4n) is 7.28. The van der Waals surface area contributed by atoms with Crippen molar-refractivity contribution in [1.82, 2.24) is 19.0 Å². The number of aromatic nitrogens is 3. The van der Waals surface area contributed by atoms with E-state index in [2.05, 4.69) is 22.1 Å². The Kier molecular flexibility index (Phi) is 8.98. The number of halogens is 3. The Morgan fingerprint density at radius 2 is 1.71 bits per heavy atom. The van der Waals surface area contributed by atoms with Crippen LogP contribution in [0.2, 0.25) is 0 Å². The van der Waals surface area contributed by atoms with Crippen molar-refractivity contribution in [2.75, 3.05) is 49.6 Å². The summed E-state index contributed by atoms with van der Waals surface area (Å²) in [5, 5.41) is 3.69. The molecular formula is C33H43F3N6O3. The van der Waals surface area contributed by atoms with E-state index in [9.17, 15) is 9.59 Å². The molecule has 3 aromatic rings. The number of piperidine rings is 1. The smallest absolute Gasteiger partial charge is 0.351 e. The van der Waals surface area contributed by atoms with Gasteiger partial charge in [-0.2, -0.15) is 4.98 Å². The average molecular weight is 629 g/mol. The molecule has 0 aliphatic carbocycles. The average Bonchev–Trinajstić information content (AvgIpc) is 3.03. The molecule has 0 radical (unpaired) electrons. The zero-order valence-electron chi connectivity index (χ0n) is 26.3. The van der Waals surface area contributed by atoms with E-state index >= 15 is 13.2 Å². The van der Waals surface area contributed by atoms with Gasteiger partial charge in [0.2, 0.25) is 0 Å². The molecule has 8 heterocycles. The molecular weight excluding hydrogens is 585 g/mol. The van der Waals surface area contributed by atoms with Gasteiger partial charge in [0.1, 0.15) is 23.0 Å². The van der Waals surface area contributed by atoms with E-state index in [1.165, 1.54) is 22.8 Å². The second-order valence-electron chi connectivity index (χ2n) is 12.8. The molecule has 2 fully saturated rings. The maximum absolute atomic E-state index is 16.0. The zero-order valence-corrected chi connectivity index (χ0v) is 26.3. The summed E-state index contributed by atoms with van der Waals surface area (Å²) in [5.41, 5.74) is -0.435. The van der Waals surface area contributed by atoms with Gasteiger partial charge in [0, 0.05) is 44.2 Å². The number of alkyl halides is 2. The molecule has 1 aromatic carbocycles. The fraction of sp³-hybridized carbons (Fsp3) is 0.606. The van der Waals surface area contributed by atoms with Crippen LogP contribution < -0.4 is 21.5 Å². The predicted octanol–water partition coefficient (Wildman–Crippen LogP) is 5.01. The van der Waals surface area contributed by atoms with Crippen LogP contribution in [0, 0.1) is 11.7 Å². The number of morpholine rings is 1. The number of nitrogens with one attached hydrogen (secondary N) is 1. The van der Waals surface area contributed by atoms with Crippen molar-refractivity contribution in [3.05, 3.63) is 62.0 Å². The van der Waals surface area contributed by atoms with E-state index in [4.69, 9.17) is 4.74 Å². The highest BCUT2D eigenvalue weighted by molar-refractivity contribution is 5.89. The van der Waals surface area contributed by atoms with E-state index in [1.54, 1.807) is 24.6 Å². The molecule has 6 aliphatic rings. The van der Waals surface area contributed by atoms with Crippen molar-refractivity contribution in [2.45, 2.75) is 76.9 Å². The van der Waals surface area contributed by atoms with Gasteiger partial charge in [0.25, 0.3) is 11.5 Å². The van der Waals surface area contributed by atoms with Crippen LogP contribution in [0.25, 0.3) is 11.0 Å². The summed E-state index contributed by atoms with van der Waals surface area (Å²) in [4.78, 5) is 35.8. The lowest BCUT2D eigenvalue weighted by molar-refractivity contribution is -0.0907. The molecule has 0 spiro atoms. The van der Waals surface area contributed by atoms with Crippen LogP contribution in [0.5, 0.6) is 0 Å². The number of ether oxygens (including phenoxy) is 1. The minimum absolute atomic E-state index is 0.0602. The Morgan fingerprint density at radius 1 is 0.978 bits per heavy atom. The third kappa shape index (κ3) is 5.98. The van der Waals surface area contributed by atoms with Crippen molar-refractivity contribution in [2.24, 2.45) is 13.0 Å². The van der Waals surface area contributed by atoms with Gasteiger partial charge in [-0.15, -0.1) is 0 Å². The van der Waals surface area contributed by atoms with Crippen LogP contribution in [0.4, 0.5) is 24.7 Å². The van der Waals surface area contributed by atoms with Gasteiger partial charge in [-0.3, -0.25) is 13.9 Å². The Labute approximate surface area is 261 Å². The molecule has 9 rings (SSSR count). The maximum Gasteiger partial charge on any atom is 0.351 e. The predicted molar refractivity (Wildman–Crippen MR) is 169 cm³/mol. The first-order chi connectivity index (χ1) is 21.6. The molecule has 9 nitrogen and oxygen atoms in total. The molecule has 6 bridgehead atoms. The summed E-state index contributed by atoms with van der Waals surface area (Å²) in [6.45, 7) is 7.35. The number of rotatable bonds is 1. The van der Waals surface area contributed by atoms with Crippen LogP contribution in [-0.2, 0) is 24.3 Å². The molecule has 2 atom stereocenters. The second kappa shape index (κ2) is 12.8. The van der Waals surface area contributed by atoms with Crippen LogP contribution in [0.15, 0.2) is 33.9 Å². The number of hydrogen-bond acceptors (Lipinski definition) is 7. The highest BCUT2D eigenvalue weighted by Gasteiger charge is 2.45. The molecule has 1 N–H and O–H groups in total. The van der Waals surface area contributed by atoms with E-state index in [-0.39, 0.29) is 23.0 Å². The molecule has 0 saturated carbocycles. The van der Waals surface area contributed by atoms with Crippen molar-refractivity contribution < 1.29 is 17.9 Å². The number of nitrogens with zero attached hydrogens (tertiary/aromatic N) is 5. The second-order valence-corrected chi connectivity index (χ2v) is 12.8. The first-order valence-electron chi connectivity index (χ1n) is 16.2. The third-order valence-electron chi connectivity index (χ3n) is 10.0. The van der Waals surface area contributed by atoms with Crippen LogP contribution in [0.1, 0.15) is 69.5 Å². The molecule has 12 heteroatoms. The monoisotopic (exact) mass is 628 g/mol. The quantitative estimate of drug-likeness (QED) is 0.406. The summed E-state index contributed by atoms with van der Waals surface area (Å²) >= 11 is 0. The number of anilines is 2. The lowest BCUT2D eigenvalue weighted by atomic mass is 9.84. The van der Waals surface area contributed by atoms with E-state index in [0.717, 1.165) is 25.7 Å². The third-order valence-corrected chi connectivity index (χ3v) is 10.0. The van der Waals surface area contributed by atoms with Gasteiger partial charge in [0.05, 0.1) is 30.2 Å². The van der Waals surface area contributed by atoms with Gasteiger partial charge >= 0.3 is 5.69 Å². The number of aryl methyl sites for hydroxylation is 2. The summed E-state index contributed by atoms with van der Waals surface area (Å²) in [6, 6.07) is 5.31. The minimum atomic E-state index is -3.33. The Morgan fingerprint density at radius 3 is 2.44 bits per heavy atom. The van der Waals surface area contributed by atoms with Crippen LogP contribution in [0.3, 0.4) is 0 Å². The van der Waals surface area contributed by atoms with Gasteiger partial charge in [-0.1, -0.05) is 31.0 Å². The number of pyridine rings is 1. The summed E-state index contributed by atoms with van der Waals surface area (Å²) in [5.74, 6) is -5.05. The highest BCUT2D eigenvalue weighted by Crippen LogP contribution is 2.44. The van der Waals surface area contributed by atoms with Crippen molar-refractivity contribution in [3.63, 3.8) is 0 Å². The first kappa shape index (κ1) is 31.6. The molecule has 6 aliphatic heterocycles. The fourth-order valence-corrected chi connectivity index (χ4v) is 7.28. The number of benzene rings is 1. The molecule has 1 unspecified atom stereocenters. The van der Waals surface area contributed by atoms with Gasteiger partial charge in [-0.25, -0.2) is 18.0 Å². The highest BCUT2D eigenvalue weighted by atomic mass is 19.3. The first-order valence-corrected chi connectivity index (χ1v) is 16.2. The Hall–Kier alpha value is -3.38. The van der Waals surface area contributed by atoms with Crippen molar-refractivity contribution in [3.8, 4) is 0 Å². The standard InChI is InChI=1S/C33H43F3N6O3/c1-21-8-5-4-6-13-42-30-25(20-27(31(43)39(30)3)41-16-18-45-19-17-41)29(38-32(42)44)37-22(2)24-9-7-10-26(28(24)34)33(35,36)23-11-14-40(21)15-12-23/h7,9-10,20-23H,4-6,8,11-19H2,1-3H3,(H,37,38,44)/t21?,22-/m1/s1. The normalized spacial score (nSPS) is 26.1. The largest absolute Gasteiger partial charge is 0.378 e. The Balaban J connectivity index is 1.47. The van der Waals surface area contributed by atoms with Crippen molar-refractivity contribution >= 4 is 22.5 Å². The lowest BCUT2D eigenvalue weighted by Crippen LogP contribution is -2.43. The summed E-state index contributed by atoms with van der Waals surface area (Å²) in [6.07, 6.45) is 4.05. The van der Waals surface area contributed by atoms with Crippen LogP contribution >= 0.6 is 0 Å². The summed E-state index contributed by atoms with van der Waals surface area (Å²) in [7, 11) is 1.65. The molecule has 45 heavy (non-hydrogen) atoms. The Bertz CT molecular complexity index is 1660. The van der Waals surface area contributed by atoms with E-state index in [0.29, 0.717) is 75.5 Å². The van der Waals surface area contributed by atoms with Gasteiger partial charge in [-0.05, 0) is 58.7 Å². The molecule has 2 aromatic heterocycles. The minimum Gasteiger partial charge on any atom is -0.378 e. The SMILES string of the molecule is CC1CCCCCn2c(=O)nc(c3cc(N4CCOCC4)c(=O)n(C)c32)N[C@H](C)c2cccc(c2F)C(F)(F)C2CCN1CC2. The molecule has 0 amide bonds. The molecule has 2 saturated heterocycles.